The molecular weight excluding hydrogens is 114 g/mol. The first-order valence-electron chi connectivity index (χ1n) is 3.19. The lowest BCUT2D eigenvalue weighted by atomic mass is 10.1. The summed E-state index contributed by atoms with van der Waals surface area (Å²) in [6.45, 7) is 4.17. The van der Waals surface area contributed by atoms with Gasteiger partial charge in [-0.2, -0.15) is 0 Å². The fraction of sp³-hybridized carbons (Fsp3) is 0.571. The van der Waals surface area contributed by atoms with E-state index in [2.05, 4.69) is 19.2 Å². The molecule has 1 aliphatic rings. The molecule has 0 saturated heterocycles. The Balaban J connectivity index is 2.50. The van der Waals surface area contributed by atoms with Gasteiger partial charge in [0.25, 0.3) is 0 Å². The molecule has 50 valence electrons. The molecule has 1 rings (SSSR count). The Bertz CT molecular complexity index is 149. The summed E-state index contributed by atoms with van der Waals surface area (Å²) in [5, 5.41) is 2.80. The second-order valence-corrected chi connectivity index (χ2v) is 2.64. The molecule has 9 heavy (non-hydrogen) atoms. The topological polar surface area (TPSA) is 29.1 Å². The van der Waals surface area contributed by atoms with Crippen molar-refractivity contribution in [3.8, 4) is 0 Å². The van der Waals surface area contributed by atoms with Crippen LogP contribution >= 0.6 is 0 Å². The zero-order chi connectivity index (χ0) is 6.85. The highest BCUT2D eigenvalue weighted by atomic mass is 16.1. The lowest BCUT2D eigenvalue weighted by molar-refractivity contribution is -0.116. The smallest absolute Gasteiger partial charge is 0.244 e. The maximum Gasteiger partial charge on any atom is 0.244 e. The molecule has 0 saturated carbocycles. The molecule has 1 aliphatic heterocycles. The van der Waals surface area contributed by atoms with Crippen LogP contribution in [-0.4, -0.2) is 11.9 Å². The van der Waals surface area contributed by atoms with Gasteiger partial charge in [0.2, 0.25) is 5.91 Å². The molecule has 0 fully saturated rings. The number of hydrogen-bond donors (Lipinski definition) is 1. The van der Waals surface area contributed by atoms with Crippen molar-refractivity contribution in [2.45, 2.75) is 19.9 Å². The van der Waals surface area contributed by atoms with Crippen LogP contribution in [0.1, 0.15) is 13.8 Å². The number of amides is 1. The summed E-state index contributed by atoms with van der Waals surface area (Å²) in [4.78, 5) is 10.6. The van der Waals surface area contributed by atoms with Crippen molar-refractivity contribution in [3.05, 3.63) is 12.2 Å². The number of nitrogens with one attached hydrogen (secondary N) is 1. The lowest BCUT2D eigenvalue weighted by Gasteiger charge is -2.11. The first-order valence-corrected chi connectivity index (χ1v) is 3.19. The minimum Gasteiger partial charge on any atom is -0.346 e. The summed E-state index contributed by atoms with van der Waals surface area (Å²) in [5.74, 6) is 0.543. The molecule has 0 radical (unpaired) electrons. The minimum atomic E-state index is 0.0358. The molecular formula is C7H11NO. The Morgan fingerprint density at radius 2 is 2.33 bits per heavy atom. The molecule has 2 heteroatoms. The van der Waals surface area contributed by atoms with Crippen molar-refractivity contribution < 1.29 is 4.79 Å². The molecule has 1 amide bonds. The molecule has 0 aliphatic carbocycles. The predicted molar refractivity (Wildman–Crippen MR) is 35.9 cm³/mol. The van der Waals surface area contributed by atoms with Crippen molar-refractivity contribution in [3.63, 3.8) is 0 Å². The van der Waals surface area contributed by atoms with Crippen LogP contribution < -0.4 is 5.32 Å². The van der Waals surface area contributed by atoms with E-state index in [1.807, 2.05) is 6.08 Å². The van der Waals surface area contributed by atoms with Crippen molar-refractivity contribution >= 4 is 5.91 Å². The van der Waals surface area contributed by atoms with E-state index < -0.39 is 0 Å². The van der Waals surface area contributed by atoms with E-state index >= 15 is 0 Å². The van der Waals surface area contributed by atoms with Crippen LogP contribution in [0.4, 0.5) is 0 Å². The lowest BCUT2D eigenvalue weighted by Crippen LogP contribution is -2.30. The Hall–Kier alpha value is -0.790. The van der Waals surface area contributed by atoms with Gasteiger partial charge in [-0.15, -0.1) is 0 Å². The van der Waals surface area contributed by atoms with Gasteiger partial charge in [-0.05, 0) is 5.92 Å². The summed E-state index contributed by atoms with van der Waals surface area (Å²) < 4.78 is 0. The van der Waals surface area contributed by atoms with E-state index in [1.165, 1.54) is 0 Å². The Labute approximate surface area is 54.9 Å². The van der Waals surface area contributed by atoms with Crippen molar-refractivity contribution in [1.82, 2.24) is 5.32 Å². The van der Waals surface area contributed by atoms with Gasteiger partial charge in [0, 0.05) is 6.08 Å². The minimum absolute atomic E-state index is 0.0358. The fourth-order valence-corrected chi connectivity index (χ4v) is 0.840. The number of carbonyl (C=O) groups is 1. The van der Waals surface area contributed by atoms with E-state index in [4.69, 9.17) is 0 Å². The number of hydrogen-bond acceptors (Lipinski definition) is 1. The van der Waals surface area contributed by atoms with Crippen LogP contribution in [0, 0.1) is 5.92 Å². The van der Waals surface area contributed by atoms with Gasteiger partial charge < -0.3 is 5.32 Å². The second kappa shape index (κ2) is 2.21. The zero-order valence-corrected chi connectivity index (χ0v) is 5.72. The molecule has 1 heterocycles. The highest BCUT2D eigenvalue weighted by molar-refractivity contribution is 5.90. The zero-order valence-electron chi connectivity index (χ0n) is 5.72. The van der Waals surface area contributed by atoms with E-state index in [1.54, 1.807) is 6.08 Å². The van der Waals surface area contributed by atoms with Gasteiger partial charge in [0.1, 0.15) is 0 Å². The van der Waals surface area contributed by atoms with Gasteiger partial charge >= 0.3 is 0 Å². The third-order valence-electron chi connectivity index (χ3n) is 1.48. The third kappa shape index (κ3) is 1.31. The number of rotatable bonds is 1. The first-order chi connectivity index (χ1) is 4.20. The Morgan fingerprint density at radius 1 is 1.67 bits per heavy atom. The quantitative estimate of drug-likeness (QED) is 0.549. The third-order valence-corrected chi connectivity index (χ3v) is 1.48. The average Bonchev–Trinajstić information content (AvgIpc) is 2.14. The summed E-state index contributed by atoms with van der Waals surface area (Å²) in [6.07, 6.45) is 3.50. The fourth-order valence-electron chi connectivity index (χ4n) is 0.840. The molecule has 0 aromatic rings. The normalized spacial score (nSPS) is 25.2. The maximum atomic E-state index is 10.6. The molecule has 2 nitrogen and oxygen atoms in total. The van der Waals surface area contributed by atoms with Crippen LogP contribution in [0.15, 0.2) is 12.2 Å². The standard InChI is InChI=1S/C7H11NO/c1-5(2)6-3-4-7(9)8-6/h3-6H,1-2H3,(H,8,9). The van der Waals surface area contributed by atoms with Gasteiger partial charge in [0.15, 0.2) is 0 Å². The Morgan fingerprint density at radius 3 is 2.56 bits per heavy atom. The van der Waals surface area contributed by atoms with E-state index in [0.717, 1.165) is 0 Å². The summed E-state index contributed by atoms with van der Waals surface area (Å²) >= 11 is 0. The molecule has 0 spiro atoms. The number of carbonyl (C=O) groups excluding carboxylic acids is 1. The van der Waals surface area contributed by atoms with Crippen LogP contribution in [0.3, 0.4) is 0 Å². The average molecular weight is 125 g/mol. The van der Waals surface area contributed by atoms with E-state index in [-0.39, 0.29) is 11.9 Å². The molecule has 1 N–H and O–H groups in total. The van der Waals surface area contributed by atoms with Crippen LogP contribution in [0.25, 0.3) is 0 Å². The van der Waals surface area contributed by atoms with Gasteiger partial charge in [-0.25, -0.2) is 0 Å². The predicted octanol–water partition coefficient (Wildman–Crippen LogP) is 0.697. The SMILES string of the molecule is CC(C)C1C=CC(=O)N1. The largest absolute Gasteiger partial charge is 0.346 e. The van der Waals surface area contributed by atoms with Gasteiger partial charge in [-0.1, -0.05) is 19.9 Å². The Kier molecular flexibility index (Phi) is 1.56. The monoisotopic (exact) mass is 125 g/mol. The maximum absolute atomic E-state index is 10.6. The van der Waals surface area contributed by atoms with Crippen molar-refractivity contribution in [1.29, 1.82) is 0 Å². The summed E-state index contributed by atoms with van der Waals surface area (Å²) in [5.41, 5.74) is 0. The molecule has 1 unspecified atom stereocenters. The molecule has 0 bridgehead atoms. The molecule has 1 atom stereocenters. The van der Waals surface area contributed by atoms with Crippen molar-refractivity contribution in [2.75, 3.05) is 0 Å². The first kappa shape index (κ1) is 6.33. The molecule has 0 aromatic carbocycles. The van der Waals surface area contributed by atoms with Crippen LogP contribution in [0.5, 0.6) is 0 Å². The summed E-state index contributed by atoms with van der Waals surface area (Å²) in [6, 6.07) is 0.262. The van der Waals surface area contributed by atoms with Gasteiger partial charge in [-0.3, -0.25) is 4.79 Å². The highest BCUT2D eigenvalue weighted by Gasteiger charge is 2.16. The van der Waals surface area contributed by atoms with E-state index in [9.17, 15) is 4.79 Å². The second-order valence-electron chi connectivity index (χ2n) is 2.64. The molecule has 0 aromatic heterocycles. The highest BCUT2D eigenvalue weighted by Crippen LogP contribution is 2.06. The van der Waals surface area contributed by atoms with Gasteiger partial charge in [0.05, 0.1) is 6.04 Å². The van der Waals surface area contributed by atoms with E-state index in [0.29, 0.717) is 5.92 Å². The van der Waals surface area contributed by atoms with Crippen LogP contribution in [0.2, 0.25) is 0 Å². The van der Waals surface area contributed by atoms with Crippen LogP contribution in [-0.2, 0) is 4.79 Å². The van der Waals surface area contributed by atoms with Crippen molar-refractivity contribution in [2.24, 2.45) is 5.92 Å². The summed E-state index contributed by atoms with van der Waals surface area (Å²) in [7, 11) is 0.